The van der Waals surface area contributed by atoms with Crippen molar-refractivity contribution >= 4 is 11.7 Å². The van der Waals surface area contributed by atoms with Crippen LogP contribution < -0.4 is 0 Å². The lowest BCUT2D eigenvalue weighted by Gasteiger charge is -2.02. The molecule has 0 saturated carbocycles. The molecular formula is C16H24N2O3. The predicted octanol–water partition coefficient (Wildman–Crippen LogP) is 4.61. The first-order valence-electron chi connectivity index (χ1n) is 7.56. The van der Waals surface area contributed by atoms with E-state index in [2.05, 4.69) is 22.2 Å². The quantitative estimate of drug-likeness (QED) is 0.340. The molecule has 0 radical (unpaired) electrons. The van der Waals surface area contributed by atoms with Crippen LogP contribution >= 0.6 is 0 Å². The van der Waals surface area contributed by atoms with E-state index in [1.807, 2.05) is 18.2 Å². The molecule has 0 aromatic heterocycles. The number of rotatable bonds is 11. The highest BCUT2D eigenvalue weighted by molar-refractivity contribution is 5.69. The molecule has 0 aliphatic heterocycles. The Morgan fingerprint density at radius 3 is 2.57 bits per heavy atom. The van der Waals surface area contributed by atoms with Crippen LogP contribution in [0.1, 0.15) is 45.4 Å². The average Bonchev–Trinajstić information content (AvgIpc) is 2.51. The van der Waals surface area contributed by atoms with Gasteiger partial charge in [0.15, 0.2) is 0 Å². The first-order valence-corrected chi connectivity index (χ1v) is 7.56. The Morgan fingerprint density at radius 1 is 1.05 bits per heavy atom. The molecule has 0 spiro atoms. The van der Waals surface area contributed by atoms with Gasteiger partial charge < -0.3 is 4.74 Å². The van der Waals surface area contributed by atoms with Crippen molar-refractivity contribution in [3.05, 3.63) is 30.3 Å². The van der Waals surface area contributed by atoms with E-state index in [-0.39, 0.29) is 6.42 Å². The summed E-state index contributed by atoms with van der Waals surface area (Å²) in [6.45, 7) is 3.26. The summed E-state index contributed by atoms with van der Waals surface area (Å²) in [5.74, 6) is -0.430. The summed E-state index contributed by atoms with van der Waals surface area (Å²) in [6.07, 6.45) is 6.19. The third kappa shape index (κ3) is 9.73. The number of unbranched alkanes of at least 4 members (excludes halogenated alkanes) is 4. The number of nitrogens with zero attached hydrogens (tertiary/aromatic N) is 2. The molecule has 0 heterocycles. The fraction of sp³-hybridized carbons (Fsp3) is 0.562. The van der Waals surface area contributed by atoms with Gasteiger partial charge in [-0.15, -0.1) is 5.11 Å². The number of ether oxygens (including phenoxy) is 1. The van der Waals surface area contributed by atoms with Gasteiger partial charge in [0.05, 0.1) is 18.7 Å². The van der Waals surface area contributed by atoms with Gasteiger partial charge in [0, 0.05) is 11.9 Å². The Morgan fingerprint density at radius 2 is 1.81 bits per heavy atom. The molecule has 0 aliphatic carbocycles. The Bertz CT molecular complexity index is 407. The number of carbonyl (C=O) groups excluding carboxylic acids is 1. The van der Waals surface area contributed by atoms with Gasteiger partial charge >= 0.3 is 5.97 Å². The molecule has 0 fully saturated rings. The summed E-state index contributed by atoms with van der Waals surface area (Å²) in [5.41, 5.74) is 0.647. The van der Waals surface area contributed by atoms with E-state index in [1.165, 1.54) is 25.7 Å². The van der Waals surface area contributed by atoms with Gasteiger partial charge in [-0.05, 0) is 18.6 Å². The van der Waals surface area contributed by atoms with Crippen molar-refractivity contribution in [2.24, 2.45) is 10.4 Å². The second kappa shape index (κ2) is 12.0. The van der Waals surface area contributed by atoms with Gasteiger partial charge in [-0.1, -0.05) is 50.8 Å². The highest BCUT2D eigenvalue weighted by Crippen LogP contribution is 2.10. The van der Waals surface area contributed by atoms with Crippen LogP contribution in [-0.2, 0) is 14.4 Å². The monoisotopic (exact) mass is 292 g/mol. The molecule has 0 bridgehead atoms. The summed E-state index contributed by atoms with van der Waals surface area (Å²) in [4.78, 5) is 16.0. The predicted molar refractivity (Wildman–Crippen MR) is 81.2 cm³/mol. The van der Waals surface area contributed by atoms with Crippen LogP contribution in [0.25, 0.3) is 0 Å². The summed E-state index contributed by atoms with van der Waals surface area (Å²) in [5, 5.41) is 7.18. The fourth-order valence-electron chi connectivity index (χ4n) is 1.72. The Labute approximate surface area is 126 Å². The zero-order chi connectivity index (χ0) is 15.2. The van der Waals surface area contributed by atoms with E-state index >= 15 is 0 Å². The lowest BCUT2D eigenvalue weighted by atomic mass is 10.2. The lowest BCUT2D eigenvalue weighted by molar-refractivity contribution is -0.145. The smallest absolute Gasteiger partial charge is 0.339 e. The van der Waals surface area contributed by atoms with E-state index in [9.17, 15) is 4.79 Å². The van der Waals surface area contributed by atoms with Gasteiger partial charge in [-0.25, -0.2) is 4.79 Å². The van der Waals surface area contributed by atoms with Crippen molar-refractivity contribution in [2.45, 2.75) is 45.4 Å². The van der Waals surface area contributed by atoms with Gasteiger partial charge in [-0.2, -0.15) is 0 Å². The Hall–Kier alpha value is -1.75. The maximum Gasteiger partial charge on any atom is 0.339 e. The van der Waals surface area contributed by atoms with Crippen LogP contribution in [0.5, 0.6) is 0 Å². The molecule has 116 valence electrons. The third-order valence-electron chi connectivity index (χ3n) is 2.90. The standard InChI is InChI=1S/C16H24N2O3/c1-2-3-4-5-9-13-20-14-12-16(19)21-18-17-15-10-7-6-8-11-15/h6-8,10-11H,2-5,9,12-14H2,1H3. The molecule has 1 aromatic carbocycles. The second-order valence-electron chi connectivity index (χ2n) is 4.76. The first kappa shape index (κ1) is 17.3. The summed E-state index contributed by atoms with van der Waals surface area (Å²) in [6, 6.07) is 9.11. The van der Waals surface area contributed by atoms with E-state index in [0.717, 1.165) is 6.42 Å². The highest BCUT2D eigenvalue weighted by Gasteiger charge is 2.02. The first-order chi connectivity index (χ1) is 10.3. The van der Waals surface area contributed by atoms with Crippen LogP contribution in [0.3, 0.4) is 0 Å². The second-order valence-corrected chi connectivity index (χ2v) is 4.76. The number of hydrogen-bond acceptors (Lipinski definition) is 5. The maximum absolute atomic E-state index is 11.4. The molecule has 1 rings (SSSR count). The van der Waals surface area contributed by atoms with Gasteiger partial charge in [0.2, 0.25) is 0 Å². The summed E-state index contributed by atoms with van der Waals surface area (Å²) < 4.78 is 5.38. The number of benzene rings is 1. The van der Waals surface area contributed by atoms with Gasteiger partial charge in [-0.3, -0.25) is 4.84 Å². The van der Waals surface area contributed by atoms with Crippen molar-refractivity contribution in [3.8, 4) is 0 Å². The zero-order valence-electron chi connectivity index (χ0n) is 12.7. The third-order valence-corrected chi connectivity index (χ3v) is 2.90. The molecule has 0 atom stereocenters. The molecule has 5 heteroatoms. The van der Waals surface area contributed by atoms with Crippen LogP contribution in [0.4, 0.5) is 5.69 Å². The van der Waals surface area contributed by atoms with E-state index in [1.54, 1.807) is 12.1 Å². The highest BCUT2D eigenvalue weighted by atomic mass is 16.7. The SMILES string of the molecule is CCCCCCCOCCC(=O)ON=Nc1ccccc1. The number of hydrogen-bond donors (Lipinski definition) is 0. The van der Waals surface area contributed by atoms with Gasteiger partial charge in [0.25, 0.3) is 0 Å². The normalized spacial score (nSPS) is 10.9. The minimum Gasteiger partial charge on any atom is -0.381 e. The van der Waals surface area contributed by atoms with Crippen molar-refractivity contribution in [2.75, 3.05) is 13.2 Å². The molecule has 21 heavy (non-hydrogen) atoms. The van der Waals surface area contributed by atoms with E-state index < -0.39 is 5.97 Å². The minimum absolute atomic E-state index is 0.197. The molecule has 0 unspecified atom stereocenters. The lowest BCUT2D eigenvalue weighted by Crippen LogP contribution is -2.06. The van der Waals surface area contributed by atoms with Crippen LogP contribution in [0, 0.1) is 0 Å². The van der Waals surface area contributed by atoms with E-state index in [4.69, 9.17) is 4.74 Å². The Balaban J connectivity index is 1.98. The van der Waals surface area contributed by atoms with Crippen LogP contribution in [-0.4, -0.2) is 19.2 Å². The largest absolute Gasteiger partial charge is 0.381 e. The Kier molecular flexibility index (Phi) is 9.91. The van der Waals surface area contributed by atoms with Crippen LogP contribution in [0.2, 0.25) is 0 Å². The molecule has 0 aliphatic rings. The average molecular weight is 292 g/mol. The van der Waals surface area contributed by atoms with Crippen molar-refractivity contribution < 1.29 is 14.4 Å². The molecule has 5 nitrogen and oxygen atoms in total. The number of carbonyl (C=O) groups is 1. The summed E-state index contributed by atoms with van der Waals surface area (Å²) >= 11 is 0. The maximum atomic E-state index is 11.4. The van der Waals surface area contributed by atoms with Crippen molar-refractivity contribution in [1.82, 2.24) is 0 Å². The molecule has 0 amide bonds. The topological polar surface area (TPSA) is 60.2 Å². The molecule has 0 N–H and O–H groups in total. The summed E-state index contributed by atoms with van der Waals surface area (Å²) in [7, 11) is 0. The fourth-order valence-corrected chi connectivity index (χ4v) is 1.72. The molecule has 0 saturated heterocycles. The van der Waals surface area contributed by atoms with Crippen molar-refractivity contribution in [3.63, 3.8) is 0 Å². The zero-order valence-corrected chi connectivity index (χ0v) is 12.7. The minimum atomic E-state index is -0.430. The van der Waals surface area contributed by atoms with Gasteiger partial charge in [0.1, 0.15) is 0 Å². The molecule has 1 aromatic rings. The van der Waals surface area contributed by atoms with E-state index in [0.29, 0.717) is 18.9 Å². The van der Waals surface area contributed by atoms with Crippen molar-refractivity contribution in [1.29, 1.82) is 0 Å². The molecular weight excluding hydrogens is 268 g/mol. The van der Waals surface area contributed by atoms with Crippen LogP contribution in [0.15, 0.2) is 40.7 Å².